The SMILES string of the molecule is CCCCN(C)CCN=C(NCC)N1CCC(CN2CCCCC2)C1.I. The van der Waals surface area contributed by atoms with Crippen LogP contribution in [0.25, 0.3) is 0 Å². The number of unbranched alkanes of at least 4 members (excludes halogenated alkanes) is 1. The molecule has 154 valence electrons. The average Bonchev–Trinajstić information content (AvgIpc) is 3.08. The van der Waals surface area contributed by atoms with Crippen LogP contribution >= 0.6 is 24.0 Å². The normalized spacial score (nSPS) is 21.9. The number of halogens is 1. The molecule has 0 spiro atoms. The standard InChI is InChI=1S/C20H41N5.HI/c1-4-6-12-23(3)16-11-22-20(21-5-2)25-15-10-19(18-25)17-24-13-8-7-9-14-24;/h19H,4-18H2,1-3H3,(H,21,22);1H. The van der Waals surface area contributed by atoms with Gasteiger partial charge >= 0.3 is 0 Å². The minimum Gasteiger partial charge on any atom is -0.357 e. The first-order valence-electron chi connectivity index (χ1n) is 10.7. The van der Waals surface area contributed by atoms with Gasteiger partial charge in [-0.2, -0.15) is 0 Å². The van der Waals surface area contributed by atoms with E-state index < -0.39 is 0 Å². The number of piperidine rings is 1. The molecular weight excluding hydrogens is 437 g/mol. The molecule has 2 rings (SSSR count). The molecule has 6 heteroatoms. The highest BCUT2D eigenvalue weighted by molar-refractivity contribution is 14.0. The maximum Gasteiger partial charge on any atom is 0.193 e. The van der Waals surface area contributed by atoms with Crippen LogP contribution in [-0.4, -0.2) is 86.6 Å². The Balaban J connectivity index is 0.00000338. The Bertz CT molecular complexity index is 384. The van der Waals surface area contributed by atoms with Crippen molar-refractivity contribution in [2.75, 3.05) is 66.0 Å². The summed E-state index contributed by atoms with van der Waals surface area (Å²) < 4.78 is 0. The molecule has 0 aromatic heterocycles. The zero-order valence-electron chi connectivity index (χ0n) is 17.4. The Morgan fingerprint density at radius 3 is 2.58 bits per heavy atom. The first-order valence-corrected chi connectivity index (χ1v) is 10.7. The van der Waals surface area contributed by atoms with E-state index in [-0.39, 0.29) is 24.0 Å². The summed E-state index contributed by atoms with van der Waals surface area (Å²) >= 11 is 0. The summed E-state index contributed by atoms with van der Waals surface area (Å²) in [5.74, 6) is 1.95. The molecule has 0 bridgehead atoms. The summed E-state index contributed by atoms with van der Waals surface area (Å²) in [5, 5.41) is 3.51. The van der Waals surface area contributed by atoms with E-state index in [1.54, 1.807) is 0 Å². The summed E-state index contributed by atoms with van der Waals surface area (Å²) in [6, 6.07) is 0. The molecule has 1 atom stereocenters. The van der Waals surface area contributed by atoms with Crippen molar-refractivity contribution in [1.29, 1.82) is 0 Å². The predicted octanol–water partition coefficient (Wildman–Crippen LogP) is 3.11. The molecule has 26 heavy (non-hydrogen) atoms. The molecule has 1 unspecified atom stereocenters. The van der Waals surface area contributed by atoms with Crippen molar-refractivity contribution in [1.82, 2.24) is 20.0 Å². The number of aliphatic imine (C=N–C) groups is 1. The van der Waals surface area contributed by atoms with Gasteiger partial charge in [-0.1, -0.05) is 19.8 Å². The Morgan fingerprint density at radius 1 is 1.12 bits per heavy atom. The first kappa shape index (κ1) is 24.0. The summed E-state index contributed by atoms with van der Waals surface area (Å²) in [4.78, 5) is 12.5. The van der Waals surface area contributed by atoms with Crippen molar-refractivity contribution in [3.63, 3.8) is 0 Å². The molecule has 0 saturated carbocycles. The van der Waals surface area contributed by atoms with E-state index in [9.17, 15) is 0 Å². The molecule has 2 aliphatic rings. The highest BCUT2D eigenvalue weighted by atomic mass is 127. The van der Waals surface area contributed by atoms with E-state index in [1.807, 2.05) is 0 Å². The highest BCUT2D eigenvalue weighted by Gasteiger charge is 2.26. The van der Waals surface area contributed by atoms with Gasteiger partial charge in [-0.05, 0) is 65.2 Å². The molecule has 0 aromatic rings. The second-order valence-electron chi connectivity index (χ2n) is 7.85. The summed E-state index contributed by atoms with van der Waals surface area (Å²) in [6.45, 7) is 14.8. The van der Waals surface area contributed by atoms with Crippen LogP contribution in [0.2, 0.25) is 0 Å². The van der Waals surface area contributed by atoms with E-state index >= 15 is 0 Å². The van der Waals surface area contributed by atoms with Crippen LogP contribution < -0.4 is 5.32 Å². The molecule has 0 amide bonds. The lowest BCUT2D eigenvalue weighted by molar-refractivity contribution is 0.198. The summed E-state index contributed by atoms with van der Waals surface area (Å²) in [7, 11) is 2.21. The van der Waals surface area contributed by atoms with E-state index in [0.717, 1.165) is 38.1 Å². The zero-order chi connectivity index (χ0) is 17.9. The molecule has 0 aromatic carbocycles. The topological polar surface area (TPSA) is 34.1 Å². The van der Waals surface area contributed by atoms with Gasteiger partial charge in [0.15, 0.2) is 5.96 Å². The van der Waals surface area contributed by atoms with Gasteiger partial charge in [-0.25, -0.2) is 0 Å². The molecule has 5 nitrogen and oxygen atoms in total. The molecular formula is C20H42IN5. The zero-order valence-corrected chi connectivity index (χ0v) is 19.7. The third kappa shape index (κ3) is 8.74. The van der Waals surface area contributed by atoms with Crippen LogP contribution in [0.15, 0.2) is 4.99 Å². The van der Waals surface area contributed by atoms with E-state index in [4.69, 9.17) is 4.99 Å². The largest absolute Gasteiger partial charge is 0.357 e. The molecule has 2 saturated heterocycles. The van der Waals surface area contributed by atoms with Crippen LogP contribution in [0.3, 0.4) is 0 Å². The van der Waals surface area contributed by atoms with Crippen LogP contribution in [0.4, 0.5) is 0 Å². The van der Waals surface area contributed by atoms with Crippen molar-refractivity contribution < 1.29 is 0 Å². The third-order valence-electron chi connectivity index (χ3n) is 5.52. The van der Waals surface area contributed by atoms with Gasteiger partial charge in [0, 0.05) is 32.7 Å². The van der Waals surface area contributed by atoms with Crippen LogP contribution in [-0.2, 0) is 0 Å². The number of rotatable bonds is 9. The minimum atomic E-state index is 0. The lowest BCUT2D eigenvalue weighted by atomic mass is 10.1. The lowest BCUT2D eigenvalue weighted by Gasteiger charge is -2.29. The van der Waals surface area contributed by atoms with Gasteiger partial charge in [-0.3, -0.25) is 4.99 Å². The van der Waals surface area contributed by atoms with E-state index in [2.05, 4.69) is 40.9 Å². The molecule has 2 fully saturated rings. The Labute approximate surface area is 179 Å². The number of hydrogen-bond acceptors (Lipinski definition) is 3. The minimum absolute atomic E-state index is 0. The van der Waals surface area contributed by atoms with Gasteiger partial charge in [0.05, 0.1) is 6.54 Å². The van der Waals surface area contributed by atoms with Gasteiger partial charge < -0.3 is 20.0 Å². The Kier molecular flexibility index (Phi) is 12.9. The molecule has 0 aliphatic carbocycles. The average molecular weight is 479 g/mol. The molecule has 1 N–H and O–H groups in total. The van der Waals surface area contributed by atoms with E-state index in [0.29, 0.717) is 0 Å². The lowest BCUT2D eigenvalue weighted by Crippen LogP contribution is -2.41. The summed E-state index contributed by atoms with van der Waals surface area (Å²) in [5.41, 5.74) is 0. The molecule has 2 aliphatic heterocycles. The van der Waals surface area contributed by atoms with Gasteiger partial charge in [0.2, 0.25) is 0 Å². The predicted molar refractivity (Wildman–Crippen MR) is 124 cm³/mol. The van der Waals surface area contributed by atoms with E-state index in [1.165, 1.54) is 71.2 Å². The monoisotopic (exact) mass is 479 g/mol. The van der Waals surface area contributed by atoms with Crippen molar-refractivity contribution in [3.05, 3.63) is 0 Å². The van der Waals surface area contributed by atoms with Crippen LogP contribution in [0.1, 0.15) is 52.4 Å². The fourth-order valence-corrected chi connectivity index (χ4v) is 3.97. The number of likely N-dealkylation sites (tertiary alicyclic amines) is 2. The maximum absolute atomic E-state index is 4.90. The molecule has 2 heterocycles. The van der Waals surface area contributed by atoms with Crippen molar-refractivity contribution >= 4 is 29.9 Å². The smallest absolute Gasteiger partial charge is 0.193 e. The van der Waals surface area contributed by atoms with Crippen LogP contribution in [0.5, 0.6) is 0 Å². The summed E-state index contributed by atoms with van der Waals surface area (Å²) in [6.07, 6.45) is 8.08. The number of nitrogens with one attached hydrogen (secondary N) is 1. The van der Waals surface area contributed by atoms with Gasteiger partial charge in [0.1, 0.15) is 0 Å². The number of nitrogens with zero attached hydrogens (tertiary/aromatic N) is 4. The Hall–Kier alpha value is -0.0800. The Morgan fingerprint density at radius 2 is 1.88 bits per heavy atom. The maximum atomic E-state index is 4.90. The first-order chi connectivity index (χ1) is 12.2. The second-order valence-corrected chi connectivity index (χ2v) is 7.85. The number of hydrogen-bond donors (Lipinski definition) is 1. The van der Waals surface area contributed by atoms with Crippen molar-refractivity contribution in [3.8, 4) is 0 Å². The van der Waals surface area contributed by atoms with Crippen molar-refractivity contribution in [2.24, 2.45) is 10.9 Å². The number of guanidine groups is 1. The third-order valence-corrected chi connectivity index (χ3v) is 5.52. The van der Waals surface area contributed by atoms with Gasteiger partial charge in [0.25, 0.3) is 0 Å². The number of likely N-dealkylation sites (N-methyl/N-ethyl adjacent to an activating group) is 1. The fraction of sp³-hybridized carbons (Fsp3) is 0.950. The van der Waals surface area contributed by atoms with Gasteiger partial charge in [-0.15, -0.1) is 24.0 Å². The van der Waals surface area contributed by atoms with Crippen molar-refractivity contribution in [2.45, 2.75) is 52.4 Å². The fourth-order valence-electron chi connectivity index (χ4n) is 3.97. The second kappa shape index (κ2) is 14.0. The van der Waals surface area contributed by atoms with Crippen LogP contribution in [0, 0.1) is 5.92 Å². The highest BCUT2D eigenvalue weighted by Crippen LogP contribution is 2.19. The quantitative estimate of drug-likeness (QED) is 0.313. The molecule has 0 radical (unpaired) electrons.